The molecule has 16 heavy (non-hydrogen) atoms. The fourth-order valence-corrected chi connectivity index (χ4v) is 1.33. The summed E-state index contributed by atoms with van der Waals surface area (Å²) in [6, 6.07) is 2.63. The molecule has 7 heteroatoms. The van der Waals surface area contributed by atoms with Gasteiger partial charge in [-0.15, -0.1) is 0 Å². The molecular formula is C9H5F3N2O2. The minimum absolute atomic E-state index is 0.611. The number of nitrogens with zero attached hydrogens (tertiary/aromatic N) is 2. The SMILES string of the molecule is O=c1cc(O)nc2c(C(F)(F)F)cccn12. The van der Waals surface area contributed by atoms with E-state index in [0.717, 1.165) is 28.8 Å². The molecule has 84 valence electrons. The van der Waals surface area contributed by atoms with Gasteiger partial charge in [0.15, 0.2) is 5.65 Å². The Hall–Kier alpha value is -2.05. The summed E-state index contributed by atoms with van der Waals surface area (Å²) in [6.07, 6.45) is -3.47. The lowest BCUT2D eigenvalue weighted by atomic mass is 10.2. The van der Waals surface area contributed by atoms with Crippen molar-refractivity contribution in [1.82, 2.24) is 9.38 Å². The average Bonchev–Trinajstić information content (AvgIpc) is 2.15. The van der Waals surface area contributed by atoms with Crippen LogP contribution in [0, 0.1) is 0 Å². The topological polar surface area (TPSA) is 54.6 Å². The van der Waals surface area contributed by atoms with Crippen LogP contribution in [-0.2, 0) is 6.18 Å². The van der Waals surface area contributed by atoms with Crippen LogP contribution in [0.2, 0.25) is 0 Å². The maximum absolute atomic E-state index is 12.5. The lowest BCUT2D eigenvalue weighted by Gasteiger charge is -2.09. The van der Waals surface area contributed by atoms with E-state index in [-0.39, 0.29) is 0 Å². The van der Waals surface area contributed by atoms with E-state index in [2.05, 4.69) is 4.98 Å². The van der Waals surface area contributed by atoms with Crippen molar-refractivity contribution >= 4 is 5.65 Å². The van der Waals surface area contributed by atoms with Crippen molar-refractivity contribution in [3.8, 4) is 5.88 Å². The summed E-state index contributed by atoms with van der Waals surface area (Å²) in [7, 11) is 0. The molecule has 0 saturated heterocycles. The van der Waals surface area contributed by atoms with Crippen LogP contribution in [0.5, 0.6) is 5.88 Å². The number of halogens is 3. The van der Waals surface area contributed by atoms with Crippen molar-refractivity contribution in [2.45, 2.75) is 6.18 Å². The summed E-state index contributed by atoms with van der Waals surface area (Å²) in [4.78, 5) is 14.6. The highest BCUT2D eigenvalue weighted by atomic mass is 19.4. The van der Waals surface area contributed by atoms with Crippen LogP contribution in [-0.4, -0.2) is 14.5 Å². The van der Waals surface area contributed by atoms with Crippen LogP contribution in [0.25, 0.3) is 5.65 Å². The van der Waals surface area contributed by atoms with Gasteiger partial charge in [-0.2, -0.15) is 18.2 Å². The lowest BCUT2D eigenvalue weighted by Crippen LogP contribution is -2.17. The minimum atomic E-state index is -4.63. The van der Waals surface area contributed by atoms with E-state index >= 15 is 0 Å². The molecule has 0 amide bonds. The first kappa shape index (κ1) is 10.5. The van der Waals surface area contributed by atoms with E-state index in [1.54, 1.807) is 0 Å². The number of hydrogen-bond acceptors (Lipinski definition) is 3. The zero-order chi connectivity index (χ0) is 11.9. The second kappa shape index (κ2) is 3.22. The van der Waals surface area contributed by atoms with Gasteiger partial charge >= 0.3 is 6.18 Å². The third kappa shape index (κ3) is 1.60. The molecular weight excluding hydrogens is 225 g/mol. The monoisotopic (exact) mass is 230 g/mol. The van der Waals surface area contributed by atoms with Gasteiger partial charge in [-0.1, -0.05) is 0 Å². The molecule has 0 aromatic carbocycles. The van der Waals surface area contributed by atoms with Crippen LogP contribution in [0.4, 0.5) is 13.2 Å². The predicted molar refractivity (Wildman–Crippen MR) is 48.1 cm³/mol. The molecule has 2 heterocycles. The Bertz CT molecular complexity index is 604. The first-order valence-corrected chi connectivity index (χ1v) is 4.18. The Kier molecular flexibility index (Phi) is 2.11. The molecule has 0 unspecified atom stereocenters. The van der Waals surface area contributed by atoms with Gasteiger partial charge in [-0.3, -0.25) is 9.20 Å². The van der Waals surface area contributed by atoms with Crippen LogP contribution in [0.3, 0.4) is 0 Å². The Morgan fingerprint density at radius 3 is 2.69 bits per heavy atom. The van der Waals surface area contributed by atoms with Gasteiger partial charge in [0.1, 0.15) is 0 Å². The van der Waals surface area contributed by atoms with Gasteiger partial charge in [0.05, 0.1) is 11.6 Å². The van der Waals surface area contributed by atoms with Gasteiger partial charge in [0.25, 0.3) is 5.56 Å². The first-order chi connectivity index (χ1) is 7.39. The number of fused-ring (bicyclic) bond motifs is 1. The zero-order valence-corrected chi connectivity index (χ0v) is 7.69. The molecule has 0 aliphatic heterocycles. The van der Waals surface area contributed by atoms with E-state index in [0.29, 0.717) is 0 Å². The van der Waals surface area contributed by atoms with Gasteiger partial charge in [-0.25, -0.2) is 0 Å². The molecule has 0 bridgehead atoms. The molecule has 0 radical (unpaired) electrons. The smallest absolute Gasteiger partial charge is 0.419 e. The normalized spacial score (nSPS) is 11.9. The second-order valence-corrected chi connectivity index (χ2v) is 3.07. The van der Waals surface area contributed by atoms with Crippen LogP contribution < -0.4 is 5.56 Å². The van der Waals surface area contributed by atoms with E-state index in [9.17, 15) is 18.0 Å². The number of aromatic hydroxyl groups is 1. The lowest BCUT2D eigenvalue weighted by molar-refractivity contribution is -0.136. The molecule has 1 N–H and O–H groups in total. The van der Waals surface area contributed by atoms with Gasteiger partial charge in [0, 0.05) is 6.20 Å². The molecule has 4 nitrogen and oxygen atoms in total. The maximum Gasteiger partial charge on any atom is 0.419 e. The molecule has 0 saturated carbocycles. The fraction of sp³-hybridized carbons (Fsp3) is 0.111. The Morgan fingerprint density at radius 1 is 1.38 bits per heavy atom. The van der Waals surface area contributed by atoms with Gasteiger partial charge in [-0.05, 0) is 12.1 Å². The molecule has 2 rings (SSSR count). The van der Waals surface area contributed by atoms with Crippen LogP contribution in [0.15, 0.2) is 29.2 Å². The van der Waals surface area contributed by atoms with Gasteiger partial charge < -0.3 is 5.11 Å². The summed E-state index contributed by atoms with van der Waals surface area (Å²) in [5, 5.41) is 9.01. The summed E-state index contributed by atoms with van der Waals surface area (Å²) in [5.41, 5.74) is -2.45. The molecule has 0 fully saturated rings. The molecule has 0 aliphatic carbocycles. The quantitative estimate of drug-likeness (QED) is 0.744. The molecule has 0 spiro atoms. The average molecular weight is 230 g/mol. The van der Waals surface area contributed by atoms with Crippen LogP contribution in [0.1, 0.15) is 5.56 Å². The number of pyridine rings is 1. The van der Waals surface area contributed by atoms with E-state index in [4.69, 9.17) is 5.11 Å². The third-order valence-electron chi connectivity index (χ3n) is 1.98. The van der Waals surface area contributed by atoms with E-state index in [1.807, 2.05) is 0 Å². The number of alkyl halides is 3. The highest BCUT2D eigenvalue weighted by molar-refractivity contribution is 5.50. The number of rotatable bonds is 0. The number of aromatic nitrogens is 2. The summed E-state index contributed by atoms with van der Waals surface area (Å²) in [5.74, 6) is -0.735. The Labute approximate surface area is 86.6 Å². The highest BCUT2D eigenvalue weighted by Crippen LogP contribution is 2.31. The third-order valence-corrected chi connectivity index (χ3v) is 1.98. The minimum Gasteiger partial charge on any atom is -0.493 e. The molecule has 0 aliphatic rings. The van der Waals surface area contributed by atoms with E-state index < -0.39 is 28.8 Å². The number of hydrogen-bond donors (Lipinski definition) is 1. The van der Waals surface area contributed by atoms with Crippen molar-refractivity contribution in [2.75, 3.05) is 0 Å². The first-order valence-electron chi connectivity index (χ1n) is 4.18. The summed E-state index contributed by atoms with van der Waals surface area (Å²) in [6.45, 7) is 0. The van der Waals surface area contributed by atoms with Crippen LogP contribution >= 0.6 is 0 Å². The molecule has 2 aromatic heterocycles. The maximum atomic E-state index is 12.5. The summed E-state index contributed by atoms with van der Waals surface area (Å²) < 4.78 is 38.4. The standard InChI is InChI=1S/C9H5F3N2O2/c10-9(11,12)5-2-1-3-14-7(16)4-6(15)13-8(5)14/h1-4,15H. The Morgan fingerprint density at radius 2 is 2.06 bits per heavy atom. The molecule has 2 aromatic rings. The van der Waals surface area contributed by atoms with Crippen molar-refractivity contribution in [3.05, 3.63) is 40.3 Å². The second-order valence-electron chi connectivity index (χ2n) is 3.07. The predicted octanol–water partition coefficient (Wildman–Crippen LogP) is 1.42. The van der Waals surface area contributed by atoms with Gasteiger partial charge in [0.2, 0.25) is 5.88 Å². The van der Waals surface area contributed by atoms with Crippen molar-refractivity contribution in [3.63, 3.8) is 0 Å². The zero-order valence-electron chi connectivity index (χ0n) is 7.69. The Balaban J connectivity index is 2.93. The summed E-state index contributed by atoms with van der Waals surface area (Å²) >= 11 is 0. The largest absolute Gasteiger partial charge is 0.493 e. The van der Waals surface area contributed by atoms with Crippen molar-refractivity contribution < 1.29 is 18.3 Å². The highest BCUT2D eigenvalue weighted by Gasteiger charge is 2.33. The fourth-order valence-electron chi connectivity index (χ4n) is 1.33. The van der Waals surface area contributed by atoms with Crippen molar-refractivity contribution in [2.24, 2.45) is 0 Å². The molecule has 0 atom stereocenters. The van der Waals surface area contributed by atoms with Crippen molar-refractivity contribution in [1.29, 1.82) is 0 Å². The van der Waals surface area contributed by atoms with E-state index in [1.165, 1.54) is 0 Å².